The van der Waals surface area contributed by atoms with Crippen molar-refractivity contribution in [2.24, 2.45) is 0 Å². The highest BCUT2D eigenvalue weighted by Crippen LogP contribution is 2.45. The average Bonchev–Trinajstić information content (AvgIpc) is 3.09. The van der Waals surface area contributed by atoms with E-state index in [1.54, 1.807) is 5.56 Å². The second-order valence-electron chi connectivity index (χ2n) is 5.87. The first kappa shape index (κ1) is 11.1. The Kier molecular flexibility index (Phi) is 2.26. The lowest BCUT2D eigenvalue weighted by atomic mass is 9.88. The van der Waals surface area contributed by atoms with Gasteiger partial charge in [0.1, 0.15) is 5.76 Å². The molecule has 2 aliphatic carbocycles. The van der Waals surface area contributed by atoms with E-state index in [4.69, 9.17) is 4.42 Å². The Morgan fingerprint density at radius 3 is 3.00 bits per heavy atom. The van der Waals surface area contributed by atoms with Crippen LogP contribution in [0.4, 0.5) is 0 Å². The Bertz CT molecular complexity index is 688. The lowest BCUT2D eigenvalue weighted by Crippen LogP contribution is -1.99. The molecular weight excluding hydrogens is 232 g/mol. The summed E-state index contributed by atoms with van der Waals surface area (Å²) in [5.41, 5.74) is 8.58. The predicted octanol–water partition coefficient (Wildman–Crippen LogP) is 4.87. The van der Waals surface area contributed by atoms with Crippen LogP contribution in [0.5, 0.6) is 0 Å². The molecular formula is C18H18O. The van der Waals surface area contributed by atoms with Gasteiger partial charge in [0, 0.05) is 5.56 Å². The minimum absolute atomic E-state index is 0.653. The zero-order valence-corrected chi connectivity index (χ0v) is 11.5. The van der Waals surface area contributed by atoms with E-state index < -0.39 is 0 Å². The zero-order chi connectivity index (χ0) is 13.0. The molecule has 96 valence electrons. The molecule has 1 atom stereocenters. The monoisotopic (exact) mass is 250 g/mol. The van der Waals surface area contributed by atoms with Crippen molar-refractivity contribution in [1.82, 2.24) is 0 Å². The maximum absolute atomic E-state index is 5.82. The van der Waals surface area contributed by atoms with Crippen molar-refractivity contribution >= 4 is 6.08 Å². The molecule has 1 nitrogen and oxygen atoms in total. The normalized spacial score (nSPS) is 19.8. The predicted molar refractivity (Wildman–Crippen MR) is 78.4 cm³/mol. The molecule has 1 unspecified atom stereocenters. The van der Waals surface area contributed by atoms with Crippen molar-refractivity contribution < 1.29 is 4.42 Å². The van der Waals surface area contributed by atoms with Gasteiger partial charge >= 0.3 is 0 Å². The van der Waals surface area contributed by atoms with E-state index in [2.05, 4.69) is 38.1 Å². The molecule has 2 aliphatic rings. The van der Waals surface area contributed by atoms with Crippen LogP contribution in [0.1, 0.15) is 47.1 Å². The Labute approximate surface area is 114 Å². The summed E-state index contributed by atoms with van der Waals surface area (Å²) in [5.74, 6) is 1.74. The number of fused-ring (bicyclic) bond motifs is 2. The van der Waals surface area contributed by atoms with Gasteiger partial charge in [0.25, 0.3) is 0 Å². The van der Waals surface area contributed by atoms with Gasteiger partial charge in [0.2, 0.25) is 0 Å². The van der Waals surface area contributed by atoms with Crippen LogP contribution in [-0.4, -0.2) is 0 Å². The third-order valence-electron chi connectivity index (χ3n) is 4.64. The van der Waals surface area contributed by atoms with Crippen LogP contribution in [0.15, 0.2) is 28.9 Å². The van der Waals surface area contributed by atoms with E-state index in [1.807, 2.05) is 6.26 Å². The highest BCUT2D eigenvalue weighted by molar-refractivity contribution is 5.79. The summed E-state index contributed by atoms with van der Waals surface area (Å²) in [7, 11) is 0. The first-order valence-electron chi connectivity index (χ1n) is 7.15. The number of furan rings is 1. The topological polar surface area (TPSA) is 13.1 Å². The number of aryl methyl sites for hydroxylation is 2. The fourth-order valence-corrected chi connectivity index (χ4v) is 3.67. The third-order valence-corrected chi connectivity index (χ3v) is 4.64. The first-order valence-corrected chi connectivity index (χ1v) is 7.15. The minimum Gasteiger partial charge on any atom is -0.464 e. The van der Waals surface area contributed by atoms with Gasteiger partial charge in [-0.25, -0.2) is 0 Å². The van der Waals surface area contributed by atoms with E-state index >= 15 is 0 Å². The van der Waals surface area contributed by atoms with Crippen LogP contribution >= 0.6 is 0 Å². The first-order chi connectivity index (χ1) is 9.25. The molecule has 0 radical (unpaired) electrons. The van der Waals surface area contributed by atoms with Crippen LogP contribution in [-0.2, 0) is 12.8 Å². The summed E-state index contributed by atoms with van der Waals surface area (Å²) in [6, 6.07) is 4.47. The zero-order valence-electron chi connectivity index (χ0n) is 11.5. The van der Waals surface area contributed by atoms with Crippen molar-refractivity contribution in [2.75, 3.05) is 0 Å². The number of allylic oxidation sites excluding steroid dienone is 1. The van der Waals surface area contributed by atoms with Crippen molar-refractivity contribution in [3.63, 3.8) is 0 Å². The molecule has 0 N–H and O–H groups in total. The highest BCUT2D eigenvalue weighted by Gasteiger charge is 2.28. The second kappa shape index (κ2) is 3.86. The summed E-state index contributed by atoms with van der Waals surface area (Å²) < 4.78 is 5.82. The molecule has 1 aromatic carbocycles. The molecule has 1 heteroatoms. The van der Waals surface area contributed by atoms with Crippen LogP contribution in [0.3, 0.4) is 0 Å². The van der Waals surface area contributed by atoms with Gasteiger partial charge in [-0.05, 0) is 66.0 Å². The van der Waals surface area contributed by atoms with E-state index in [-0.39, 0.29) is 0 Å². The lowest BCUT2D eigenvalue weighted by molar-refractivity contribution is 0.578. The van der Waals surface area contributed by atoms with E-state index in [0.717, 1.165) is 12.2 Å². The Morgan fingerprint density at radius 1 is 1.32 bits per heavy atom. The van der Waals surface area contributed by atoms with Crippen LogP contribution < -0.4 is 0 Å². The number of hydrogen-bond acceptors (Lipinski definition) is 1. The molecule has 2 aromatic rings. The second-order valence-corrected chi connectivity index (χ2v) is 5.87. The maximum atomic E-state index is 5.82. The molecule has 0 fully saturated rings. The average molecular weight is 250 g/mol. The molecule has 4 rings (SSSR count). The Hall–Kier alpha value is -1.76. The van der Waals surface area contributed by atoms with Crippen LogP contribution in [0, 0.1) is 6.92 Å². The quantitative estimate of drug-likeness (QED) is 0.703. The Morgan fingerprint density at radius 2 is 2.21 bits per heavy atom. The molecule has 0 bridgehead atoms. The van der Waals surface area contributed by atoms with Gasteiger partial charge in [-0.15, -0.1) is 0 Å². The summed E-state index contributed by atoms with van der Waals surface area (Å²) in [5, 5.41) is 0. The van der Waals surface area contributed by atoms with Gasteiger partial charge in [0.15, 0.2) is 0 Å². The third kappa shape index (κ3) is 1.48. The minimum atomic E-state index is 0.653. The van der Waals surface area contributed by atoms with E-state index in [9.17, 15) is 0 Å². The fraction of sp³-hybridized carbons (Fsp3) is 0.333. The lowest BCUT2D eigenvalue weighted by Gasteiger charge is -2.16. The molecule has 0 spiro atoms. The summed E-state index contributed by atoms with van der Waals surface area (Å²) in [4.78, 5) is 0. The molecule has 19 heavy (non-hydrogen) atoms. The van der Waals surface area contributed by atoms with E-state index in [0.29, 0.717) is 5.92 Å². The molecule has 0 amide bonds. The molecule has 1 heterocycles. The Balaban J connectivity index is 2.07. The molecule has 0 aliphatic heterocycles. The van der Waals surface area contributed by atoms with Crippen molar-refractivity contribution in [1.29, 1.82) is 0 Å². The summed E-state index contributed by atoms with van der Waals surface area (Å²) in [6.07, 6.45) is 9.88. The standard InChI is InChI=1S/C18H18O/c1-11-6-7-14-10-13-4-3-5-15(13)17(16(11)14)18-12(2)8-9-19-18/h3-4,8-11H,5-7H2,1-2H3. The number of rotatable bonds is 1. The van der Waals surface area contributed by atoms with Crippen LogP contribution in [0.25, 0.3) is 17.4 Å². The number of hydrogen-bond donors (Lipinski definition) is 0. The van der Waals surface area contributed by atoms with Crippen molar-refractivity contribution in [3.8, 4) is 11.3 Å². The van der Waals surface area contributed by atoms with Gasteiger partial charge < -0.3 is 4.42 Å². The van der Waals surface area contributed by atoms with Gasteiger partial charge in [0.05, 0.1) is 6.26 Å². The fourth-order valence-electron chi connectivity index (χ4n) is 3.67. The largest absolute Gasteiger partial charge is 0.464 e. The van der Waals surface area contributed by atoms with Crippen molar-refractivity contribution in [3.05, 3.63) is 52.3 Å². The molecule has 0 saturated carbocycles. The highest BCUT2D eigenvalue weighted by atomic mass is 16.3. The van der Waals surface area contributed by atoms with Gasteiger partial charge in [-0.1, -0.05) is 25.1 Å². The number of benzene rings is 1. The summed E-state index contributed by atoms with van der Waals surface area (Å²) >= 11 is 0. The molecule has 0 saturated heterocycles. The maximum Gasteiger partial charge on any atom is 0.137 e. The SMILES string of the molecule is Cc1ccoc1-c1c2c(cc3c1C(C)CC3)C=CC2. The summed E-state index contributed by atoms with van der Waals surface area (Å²) in [6.45, 7) is 4.50. The smallest absolute Gasteiger partial charge is 0.137 e. The van der Waals surface area contributed by atoms with Gasteiger partial charge in [-0.2, -0.15) is 0 Å². The van der Waals surface area contributed by atoms with Crippen LogP contribution in [0.2, 0.25) is 0 Å². The van der Waals surface area contributed by atoms with E-state index in [1.165, 1.54) is 40.7 Å². The molecule has 1 aromatic heterocycles. The van der Waals surface area contributed by atoms with Gasteiger partial charge in [-0.3, -0.25) is 0 Å². The van der Waals surface area contributed by atoms with Crippen molar-refractivity contribution in [2.45, 2.75) is 39.0 Å².